The molecule has 0 aliphatic heterocycles. The minimum absolute atomic E-state index is 0.0456. The number of carbonyl (C=O) groups excluding carboxylic acids is 2. The number of urea groups is 1. The number of rotatable bonds is 7. The van der Waals surface area contributed by atoms with Crippen LogP contribution in [0.3, 0.4) is 0 Å². The van der Waals surface area contributed by atoms with Crippen LogP contribution in [0.1, 0.15) is 25.0 Å². The van der Waals surface area contributed by atoms with Crippen molar-refractivity contribution in [3.63, 3.8) is 0 Å². The van der Waals surface area contributed by atoms with Gasteiger partial charge in [-0.15, -0.1) is 0 Å². The predicted octanol–water partition coefficient (Wildman–Crippen LogP) is 3.53. The van der Waals surface area contributed by atoms with Crippen LogP contribution >= 0.6 is 0 Å². The van der Waals surface area contributed by atoms with Crippen molar-refractivity contribution >= 4 is 23.3 Å². The van der Waals surface area contributed by atoms with E-state index in [1.807, 2.05) is 31.2 Å². The van der Waals surface area contributed by atoms with Crippen LogP contribution in [0.2, 0.25) is 0 Å². The second-order valence-corrected chi connectivity index (χ2v) is 5.89. The summed E-state index contributed by atoms with van der Waals surface area (Å²) in [5.41, 5.74) is 3.56. The van der Waals surface area contributed by atoms with E-state index in [-0.39, 0.29) is 11.9 Å². The molecule has 138 valence electrons. The molecule has 0 heterocycles. The molecule has 0 aromatic heterocycles. The normalized spacial score (nSPS) is 10.3. The first-order valence-electron chi connectivity index (χ1n) is 8.54. The van der Waals surface area contributed by atoms with Crippen LogP contribution in [0.4, 0.5) is 16.2 Å². The number of amides is 3. The molecule has 0 saturated carbocycles. The van der Waals surface area contributed by atoms with Crippen LogP contribution in [0, 0.1) is 0 Å². The van der Waals surface area contributed by atoms with Crippen molar-refractivity contribution in [3.05, 3.63) is 59.7 Å². The quantitative estimate of drug-likeness (QED) is 0.798. The van der Waals surface area contributed by atoms with Crippen molar-refractivity contribution in [1.29, 1.82) is 0 Å². The largest absolute Gasteiger partial charge is 0.377 e. The van der Waals surface area contributed by atoms with E-state index in [1.54, 1.807) is 36.2 Å². The van der Waals surface area contributed by atoms with Crippen molar-refractivity contribution < 1.29 is 14.3 Å². The predicted molar refractivity (Wildman–Crippen MR) is 103 cm³/mol. The zero-order valence-electron chi connectivity index (χ0n) is 15.4. The summed E-state index contributed by atoms with van der Waals surface area (Å²) < 4.78 is 5.36. The number of benzene rings is 2. The second kappa shape index (κ2) is 9.58. The number of ether oxygens (including phenoxy) is 1. The highest BCUT2D eigenvalue weighted by atomic mass is 16.5. The molecule has 0 fully saturated rings. The van der Waals surface area contributed by atoms with Crippen LogP contribution in [0.15, 0.2) is 48.5 Å². The molecule has 0 saturated heterocycles. The Kier molecular flexibility index (Phi) is 7.17. The first-order chi connectivity index (χ1) is 12.5. The van der Waals surface area contributed by atoms with Gasteiger partial charge >= 0.3 is 6.03 Å². The highest BCUT2D eigenvalue weighted by Crippen LogP contribution is 2.17. The maximum Gasteiger partial charge on any atom is 0.319 e. The Morgan fingerprint density at radius 1 is 1.00 bits per heavy atom. The summed E-state index contributed by atoms with van der Waals surface area (Å²) in [6, 6.07) is 14.7. The van der Waals surface area contributed by atoms with Gasteiger partial charge < -0.3 is 20.3 Å². The molecule has 2 N–H and O–H groups in total. The fraction of sp³-hybridized carbons (Fsp3) is 0.300. The molecule has 26 heavy (non-hydrogen) atoms. The van der Waals surface area contributed by atoms with Gasteiger partial charge in [-0.25, -0.2) is 4.79 Å². The third-order valence-corrected chi connectivity index (χ3v) is 3.93. The lowest BCUT2D eigenvalue weighted by Gasteiger charge is -2.15. The molecule has 0 bridgehead atoms. The lowest BCUT2D eigenvalue weighted by atomic mass is 10.1. The smallest absolute Gasteiger partial charge is 0.319 e. The molecule has 6 nitrogen and oxygen atoms in total. The Morgan fingerprint density at radius 3 is 2.19 bits per heavy atom. The van der Waals surface area contributed by atoms with Crippen LogP contribution < -0.4 is 15.5 Å². The molecule has 2 rings (SSSR count). The average Bonchev–Trinajstić information content (AvgIpc) is 2.65. The molecular formula is C20H25N3O3. The molecule has 3 amide bonds. The SMILES string of the molecule is CCOCc1ccc(CNC(=O)Nc2ccc(N(C)C(C)=O)cc2)cc1. The highest BCUT2D eigenvalue weighted by Gasteiger charge is 2.06. The maximum atomic E-state index is 12.0. The van der Waals surface area contributed by atoms with Gasteiger partial charge in [-0.3, -0.25) is 4.79 Å². The summed E-state index contributed by atoms with van der Waals surface area (Å²) in [4.78, 5) is 24.9. The van der Waals surface area contributed by atoms with Crippen LogP contribution in [0.25, 0.3) is 0 Å². The van der Waals surface area contributed by atoms with Gasteiger partial charge in [0.15, 0.2) is 0 Å². The van der Waals surface area contributed by atoms with Crippen LogP contribution in [0.5, 0.6) is 0 Å². The summed E-state index contributed by atoms with van der Waals surface area (Å²) in [7, 11) is 1.71. The van der Waals surface area contributed by atoms with E-state index < -0.39 is 0 Å². The average molecular weight is 355 g/mol. The number of hydrogen-bond acceptors (Lipinski definition) is 3. The van der Waals surface area contributed by atoms with Gasteiger partial charge in [-0.2, -0.15) is 0 Å². The molecule has 0 aliphatic rings. The van der Waals surface area contributed by atoms with Crippen LogP contribution in [-0.2, 0) is 22.7 Å². The Balaban J connectivity index is 1.82. The summed E-state index contributed by atoms with van der Waals surface area (Å²) in [5, 5.41) is 5.59. The van der Waals surface area contributed by atoms with E-state index in [2.05, 4.69) is 10.6 Å². The molecule has 0 atom stereocenters. The van der Waals surface area contributed by atoms with Gasteiger partial charge in [0.25, 0.3) is 0 Å². The van der Waals surface area contributed by atoms with E-state index in [0.717, 1.165) is 16.8 Å². The van der Waals surface area contributed by atoms with Crippen molar-refractivity contribution in [2.75, 3.05) is 23.9 Å². The maximum absolute atomic E-state index is 12.0. The topological polar surface area (TPSA) is 70.7 Å². The van der Waals surface area contributed by atoms with E-state index >= 15 is 0 Å². The molecule has 2 aromatic rings. The van der Waals surface area contributed by atoms with E-state index in [0.29, 0.717) is 25.4 Å². The molecule has 0 radical (unpaired) electrons. The summed E-state index contributed by atoms with van der Waals surface area (Å²) in [6.07, 6.45) is 0. The molecule has 0 spiro atoms. The molecule has 0 aliphatic carbocycles. The number of nitrogens with zero attached hydrogens (tertiary/aromatic N) is 1. The van der Waals surface area contributed by atoms with Gasteiger partial charge in [-0.05, 0) is 42.3 Å². The van der Waals surface area contributed by atoms with Gasteiger partial charge in [0, 0.05) is 38.5 Å². The van der Waals surface area contributed by atoms with Gasteiger partial charge in [0.1, 0.15) is 0 Å². The summed E-state index contributed by atoms with van der Waals surface area (Å²) in [6.45, 7) is 5.19. The molecule has 6 heteroatoms. The Morgan fingerprint density at radius 2 is 1.62 bits per heavy atom. The van der Waals surface area contributed by atoms with Crippen LogP contribution in [-0.4, -0.2) is 25.6 Å². The Labute approximate surface area is 154 Å². The minimum atomic E-state index is -0.281. The lowest BCUT2D eigenvalue weighted by Crippen LogP contribution is -2.28. The number of hydrogen-bond donors (Lipinski definition) is 2. The monoisotopic (exact) mass is 355 g/mol. The third kappa shape index (κ3) is 5.89. The molecule has 0 unspecified atom stereocenters. The fourth-order valence-corrected chi connectivity index (χ4v) is 2.28. The van der Waals surface area contributed by atoms with E-state index in [4.69, 9.17) is 4.74 Å². The molecular weight excluding hydrogens is 330 g/mol. The van der Waals surface area contributed by atoms with Gasteiger partial charge in [0.05, 0.1) is 6.61 Å². The number of nitrogens with one attached hydrogen (secondary N) is 2. The van der Waals surface area contributed by atoms with Crippen molar-refractivity contribution in [3.8, 4) is 0 Å². The second-order valence-electron chi connectivity index (χ2n) is 5.89. The number of anilines is 2. The van der Waals surface area contributed by atoms with Gasteiger partial charge in [0.2, 0.25) is 5.91 Å². The Bertz CT molecular complexity index is 727. The fourth-order valence-electron chi connectivity index (χ4n) is 2.28. The zero-order chi connectivity index (χ0) is 18.9. The first kappa shape index (κ1) is 19.5. The first-order valence-corrected chi connectivity index (χ1v) is 8.54. The number of carbonyl (C=O) groups is 2. The summed E-state index contributed by atoms with van der Waals surface area (Å²) in [5.74, 6) is -0.0456. The highest BCUT2D eigenvalue weighted by molar-refractivity contribution is 5.92. The lowest BCUT2D eigenvalue weighted by molar-refractivity contribution is -0.116. The Hall–Kier alpha value is -2.86. The molecule has 2 aromatic carbocycles. The van der Waals surface area contributed by atoms with Crippen molar-refractivity contribution in [2.45, 2.75) is 27.0 Å². The van der Waals surface area contributed by atoms with Gasteiger partial charge in [-0.1, -0.05) is 24.3 Å². The van der Waals surface area contributed by atoms with Crippen molar-refractivity contribution in [1.82, 2.24) is 5.32 Å². The third-order valence-electron chi connectivity index (χ3n) is 3.93. The zero-order valence-corrected chi connectivity index (χ0v) is 15.4. The van der Waals surface area contributed by atoms with E-state index in [1.165, 1.54) is 6.92 Å². The summed E-state index contributed by atoms with van der Waals surface area (Å²) >= 11 is 0. The minimum Gasteiger partial charge on any atom is -0.377 e. The van der Waals surface area contributed by atoms with Crippen molar-refractivity contribution in [2.24, 2.45) is 0 Å². The standard InChI is InChI=1S/C20H25N3O3/c1-4-26-14-17-7-5-16(6-8-17)13-21-20(25)22-18-9-11-19(12-10-18)23(3)15(2)24/h5-12H,4,13-14H2,1-3H3,(H2,21,22,25). The van der Waals surface area contributed by atoms with E-state index in [9.17, 15) is 9.59 Å².